The number of rotatable bonds is 4. The van der Waals surface area contributed by atoms with E-state index in [0.717, 1.165) is 26.4 Å². The second-order valence-electron chi connectivity index (χ2n) is 6.74. The molecular formula is C14H30N2O3S. The van der Waals surface area contributed by atoms with Gasteiger partial charge < -0.3 is 15.2 Å². The molecule has 2 heterocycles. The Labute approximate surface area is 125 Å². The SMILES string of the molecule is C[C@@H](N)C1COC1.C[C@@H](N[S@@](=O)C(C)(C)C)C1COC1. The summed E-state index contributed by atoms with van der Waals surface area (Å²) < 4.78 is 24.6. The number of nitrogens with two attached hydrogens (primary N) is 1. The predicted octanol–water partition coefficient (Wildman–Crippen LogP) is 1.05. The third kappa shape index (κ3) is 5.77. The van der Waals surface area contributed by atoms with Crippen molar-refractivity contribution >= 4 is 11.0 Å². The topological polar surface area (TPSA) is 73.6 Å². The van der Waals surface area contributed by atoms with E-state index in [4.69, 9.17) is 15.2 Å². The van der Waals surface area contributed by atoms with E-state index in [2.05, 4.69) is 11.6 Å². The van der Waals surface area contributed by atoms with E-state index in [9.17, 15) is 4.21 Å². The largest absolute Gasteiger partial charge is 0.381 e. The minimum absolute atomic E-state index is 0.182. The summed E-state index contributed by atoms with van der Waals surface area (Å²) in [4.78, 5) is 0. The average molecular weight is 306 g/mol. The van der Waals surface area contributed by atoms with Crippen LogP contribution in [0.4, 0.5) is 0 Å². The van der Waals surface area contributed by atoms with Gasteiger partial charge in [-0.25, -0.2) is 8.93 Å². The van der Waals surface area contributed by atoms with Gasteiger partial charge in [-0.1, -0.05) is 0 Å². The summed E-state index contributed by atoms with van der Waals surface area (Å²) in [6, 6.07) is 0.613. The summed E-state index contributed by atoms with van der Waals surface area (Å²) in [5.41, 5.74) is 5.52. The van der Waals surface area contributed by atoms with Gasteiger partial charge in [0, 0.05) is 23.9 Å². The van der Waals surface area contributed by atoms with Gasteiger partial charge >= 0.3 is 0 Å². The fourth-order valence-electron chi connectivity index (χ4n) is 1.54. The summed E-state index contributed by atoms with van der Waals surface area (Å²) in [7, 11) is -0.961. The lowest BCUT2D eigenvalue weighted by Crippen LogP contribution is -2.48. The molecule has 2 rings (SSSR count). The van der Waals surface area contributed by atoms with Crippen molar-refractivity contribution in [3.05, 3.63) is 0 Å². The number of hydrogen-bond donors (Lipinski definition) is 2. The first-order valence-corrected chi connectivity index (χ1v) is 8.46. The van der Waals surface area contributed by atoms with E-state index in [0.29, 0.717) is 17.9 Å². The highest BCUT2D eigenvalue weighted by Gasteiger charge is 2.29. The van der Waals surface area contributed by atoms with Crippen molar-refractivity contribution in [2.24, 2.45) is 17.6 Å². The quantitative estimate of drug-likeness (QED) is 0.814. The first-order valence-electron chi connectivity index (χ1n) is 7.31. The molecule has 6 heteroatoms. The van der Waals surface area contributed by atoms with Crippen molar-refractivity contribution in [3.63, 3.8) is 0 Å². The molecule has 0 amide bonds. The molecule has 120 valence electrons. The summed E-state index contributed by atoms with van der Waals surface area (Å²) >= 11 is 0. The second-order valence-corrected chi connectivity index (χ2v) is 8.74. The fourth-order valence-corrected chi connectivity index (χ4v) is 2.43. The maximum Gasteiger partial charge on any atom is 0.0972 e. The molecule has 2 fully saturated rings. The highest BCUT2D eigenvalue weighted by Crippen LogP contribution is 2.17. The predicted molar refractivity (Wildman–Crippen MR) is 82.8 cm³/mol. The van der Waals surface area contributed by atoms with E-state index in [1.54, 1.807) is 0 Å². The smallest absolute Gasteiger partial charge is 0.0972 e. The first-order chi connectivity index (χ1) is 9.21. The van der Waals surface area contributed by atoms with Crippen LogP contribution in [0.1, 0.15) is 34.6 Å². The van der Waals surface area contributed by atoms with Crippen LogP contribution in [0.25, 0.3) is 0 Å². The summed E-state index contributed by atoms with van der Waals surface area (Å²) in [6.45, 7) is 13.4. The van der Waals surface area contributed by atoms with Gasteiger partial charge in [0.05, 0.1) is 42.2 Å². The summed E-state index contributed by atoms with van der Waals surface area (Å²) in [6.07, 6.45) is 0. The zero-order chi connectivity index (χ0) is 15.3. The van der Waals surface area contributed by atoms with Gasteiger partial charge in [0.15, 0.2) is 0 Å². The van der Waals surface area contributed by atoms with Gasteiger partial charge in [-0.15, -0.1) is 0 Å². The Morgan fingerprint density at radius 1 is 1.10 bits per heavy atom. The Morgan fingerprint density at radius 2 is 1.55 bits per heavy atom. The van der Waals surface area contributed by atoms with Crippen molar-refractivity contribution in [2.75, 3.05) is 26.4 Å². The zero-order valence-corrected chi connectivity index (χ0v) is 14.2. The van der Waals surface area contributed by atoms with Crippen LogP contribution in [0.3, 0.4) is 0 Å². The molecular weight excluding hydrogens is 276 g/mol. The molecule has 3 N–H and O–H groups in total. The average Bonchev–Trinajstić information content (AvgIpc) is 2.09. The van der Waals surface area contributed by atoms with Crippen LogP contribution in [0.15, 0.2) is 0 Å². The summed E-state index contributed by atoms with van der Waals surface area (Å²) in [5.74, 6) is 1.17. The fraction of sp³-hybridized carbons (Fsp3) is 1.00. The molecule has 0 aromatic rings. The highest BCUT2D eigenvalue weighted by molar-refractivity contribution is 7.84. The molecule has 0 aliphatic carbocycles. The van der Waals surface area contributed by atoms with E-state index in [1.807, 2.05) is 27.7 Å². The molecule has 0 aromatic carbocycles. The molecule has 0 unspecified atom stereocenters. The van der Waals surface area contributed by atoms with Crippen LogP contribution < -0.4 is 10.5 Å². The van der Waals surface area contributed by atoms with Crippen LogP contribution in [0, 0.1) is 11.8 Å². The van der Waals surface area contributed by atoms with E-state index >= 15 is 0 Å². The maximum absolute atomic E-state index is 11.7. The molecule has 5 nitrogen and oxygen atoms in total. The number of nitrogens with one attached hydrogen (secondary N) is 1. The Hall–Kier alpha value is -0.0100. The molecule has 0 bridgehead atoms. The van der Waals surface area contributed by atoms with Crippen LogP contribution in [0.5, 0.6) is 0 Å². The van der Waals surface area contributed by atoms with Crippen LogP contribution in [-0.2, 0) is 20.5 Å². The van der Waals surface area contributed by atoms with Crippen molar-refractivity contribution < 1.29 is 13.7 Å². The van der Waals surface area contributed by atoms with Crippen LogP contribution in [-0.4, -0.2) is 47.5 Å². The Morgan fingerprint density at radius 3 is 1.75 bits per heavy atom. The normalized spacial score (nSPS) is 24.7. The highest BCUT2D eigenvalue weighted by atomic mass is 32.2. The van der Waals surface area contributed by atoms with Gasteiger partial charge in [-0.3, -0.25) is 0 Å². The van der Waals surface area contributed by atoms with Gasteiger partial charge in [0.25, 0.3) is 0 Å². The lowest BCUT2D eigenvalue weighted by molar-refractivity contribution is -0.0431. The van der Waals surface area contributed by atoms with Crippen molar-refractivity contribution in [1.82, 2.24) is 4.72 Å². The molecule has 2 aliphatic heterocycles. The summed E-state index contributed by atoms with van der Waals surface area (Å²) in [5, 5.41) is 0. The third-order valence-corrected chi connectivity index (χ3v) is 5.33. The molecule has 0 spiro atoms. The van der Waals surface area contributed by atoms with Gasteiger partial charge in [0.2, 0.25) is 0 Å². The first kappa shape index (κ1) is 18.0. The van der Waals surface area contributed by atoms with E-state index in [-0.39, 0.29) is 10.8 Å². The minimum atomic E-state index is -0.961. The monoisotopic (exact) mass is 306 g/mol. The van der Waals surface area contributed by atoms with E-state index in [1.165, 1.54) is 0 Å². The van der Waals surface area contributed by atoms with Gasteiger partial charge in [0.1, 0.15) is 0 Å². The van der Waals surface area contributed by atoms with Crippen molar-refractivity contribution in [3.8, 4) is 0 Å². The molecule has 0 saturated carbocycles. The lowest BCUT2D eigenvalue weighted by Gasteiger charge is -2.33. The van der Waals surface area contributed by atoms with Gasteiger partial charge in [-0.2, -0.15) is 0 Å². The van der Waals surface area contributed by atoms with Crippen LogP contribution in [0.2, 0.25) is 0 Å². The number of ether oxygens (including phenoxy) is 2. The van der Waals surface area contributed by atoms with Crippen molar-refractivity contribution in [2.45, 2.75) is 51.4 Å². The third-order valence-electron chi connectivity index (χ3n) is 3.63. The molecule has 2 saturated heterocycles. The Balaban J connectivity index is 0.000000240. The standard InChI is InChI=1S/C9H19NO2S.C5H11NO/c1-7(8-5-12-6-8)10-13(11)9(2,3)4;1-4(6)5-2-7-3-5/h7-8,10H,5-6H2,1-4H3;4-5H,2-3,6H2,1H3/t7-,13+;4-/m11/s1. The maximum atomic E-state index is 11.7. The lowest BCUT2D eigenvalue weighted by atomic mass is 10.0. The second kappa shape index (κ2) is 7.84. The minimum Gasteiger partial charge on any atom is -0.381 e. The van der Waals surface area contributed by atoms with E-state index < -0.39 is 11.0 Å². The molecule has 0 aromatic heterocycles. The Bertz CT molecular complexity index is 310. The van der Waals surface area contributed by atoms with Gasteiger partial charge in [-0.05, 0) is 34.6 Å². The molecule has 20 heavy (non-hydrogen) atoms. The molecule has 2 aliphatic rings. The zero-order valence-electron chi connectivity index (χ0n) is 13.3. The number of hydrogen-bond acceptors (Lipinski definition) is 4. The molecule has 3 atom stereocenters. The van der Waals surface area contributed by atoms with Crippen LogP contribution >= 0.6 is 0 Å². The van der Waals surface area contributed by atoms with Crippen molar-refractivity contribution in [1.29, 1.82) is 0 Å². The molecule has 0 radical (unpaired) electrons. The Kier molecular flexibility index (Phi) is 7.08.